The molecule has 2 aromatic rings. The largest absolute Gasteiger partial charge is 0.347 e. The van der Waals surface area contributed by atoms with Gasteiger partial charge >= 0.3 is 0 Å². The highest BCUT2D eigenvalue weighted by molar-refractivity contribution is 5.82. The van der Waals surface area contributed by atoms with Gasteiger partial charge in [0.25, 0.3) is 0 Å². The number of carbonyl (C=O) groups excluding carboxylic acids is 1. The Morgan fingerprint density at radius 3 is 2.63 bits per heavy atom. The molecule has 1 aromatic heterocycles. The van der Waals surface area contributed by atoms with E-state index in [2.05, 4.69) is 54.1 Å². The summed E-state index contributed by atoms with van der Waals surface area (Å²) in [7, 11) is 0. The Balaban J connectivity index is 1.78. The molecular formula is C17H19NO. The standard InChI is InChI=1S/C17H19NO/c1-12-5-7-14(8-6-12)11-18-9-3-4-17(18)16-10-15(16)13(2)19/h3-9,15-16H,10-11H2,1-2H3. The lowest BCUT2D eigenvalue weighted by molar-refractivity contribution is -0.118. The van der Waals surface area contributed by atoms with Crippen molar-refractivity contribution >= 4 is 5.78 Å². The molecule has 1 aromatic carbocycles. The lowest BCUT2D eigenvalue weighted by atomic mass is 10.1. The summed E-state index contributed by atoms with van der Waals surface area (Å²) in [6.07, 6.45) is 3.14. The first-order chi connectivity index (χ1) is 9.15. The van der Waals surface area contributed by atoms with E-state index in [1.807, 2.05) is 0 Å². The highest BCUT2D eigenvalue weighted by Crippen LogP contribution is 2.48. The number of ketones is 1. The first-order valence-corrected chi connectivity index (χ1v) is 6.86. The van der Waals surface area contributed by atoms with Crippen LogP contribution >= 0.6 is 0 Å². The average molecular weight is 253 g/mol. The normalized spacial score (nSPS) is 21.4. The summed E-state index contributed by atoms with van der Waals surface area (Å²) < 4.78 is 2.28. The number of aryl methyl sites for hydroxylation is 1. The molecule has 1 heterocycles. The first-order valence-electron chi connectivity index (χ1n) is 6.86. The van der Waals surface area contributed by atoms with Gasteiger partial charge in [-0.05, 0) is 38.0 Å². The van der Waals surface area contributed by atoms with Gasteiger partial charge in [0, 0.05) is 30.3 Å². The van der Waals surface area contributed by atoms with Crippen molar-refractivity contribution in [3.8, 4) is 0 Å². The van der Waals surface area contributed by atoms with Crippen molar-refractivity contribution in [1.82, 2.24) is 4.57 Å². The van der Waals surface area contributed by atoms with E-state index in [4.69, 9.17) is 0 Å². The fourth-order valence-electron chi connectivity index (χ4n) is 2.77. The molecule has 0 amide bonds. The van der Waals surface area contributed by atoms with Crippen LogP contribution in [0.25, 0.3) is 0 Å². The van der Waals surface area contributed by atoms with E-state index in [1.54, 1.807) is 6.92 Å². The van der Waals surface area contributed by atoms with Gasteiger partial charge in [0.2, 0.25) is 0 Å². The third-order valence-corrected chi connectivity index (χ3v) is 4.03. The first kappa shape index (κ1) is 12.2. The van der Waals surface area contributed by atoms with Crippen LogP contribution < -0.4 is 0 Å². The summed E-state index contributed by atoms with van der Waals surface area (Å²) in [5.41, 5.74) is 3.90. The van der Waals surface area contributed by atoms with E-state index in [0.29, 0.717) is 11.7 Å². The minimum absolute atomic E-state index is 0.256. The average Bonchev–Trinajstić information content (AvgIpc) is 3.06. The van der Waals surface area contributed by atoms with Crippen LogP contribution in [0.1, 0.15) is 36.1 Å². The fraction of sp³-hybridized carbons (Fsp3) is 0.353. The minimum atomic E-state index is 0.256. The molecule has 2 unspecified atom stereocenters. The van der Waals surface area contributed by atoms with E-state index in [-0.39, 0.29) is 5.92 Å². The predicted molar refractivity (Wildman–Crippen MR) is 76.2 cm³/mol. The predicted octanol–water partition coefficient (Wildman–Crippen LogP) is 3.54. The molecule has 2 nitrogen and oxygen atoms in total. The topological polar surface area (TPSA) is 22.0 Å². The molecule has 1 fully saturated rings. The molecule has 19 heavy (non-hydrogen) atoms. The zero-order valence-corrected chi connectivity index (χ0v) is 11.5. The van der Waals surface area contributed by atoms with E-state index in [9.17, 15) is 4.79 Å². The third-order valence-electron chi connectivity index (χ3n) is 4.03. The minimum Gasteiger partial charge on any atom is -0.347 e. The van der Waals surface area contributed by atoms with Crippen LogP contribution in [0.5, 0.6) is 0 Å². The van der Waals surface area contributed by atoms with Gasteiger partial charge < -0.3 is 4.57 Å². The van der Waals surface area contributed by atoms with Crippen molar-refractivity contribution in [2.24, 2.45) is 5.92 Å². The zero-order valence-electron chi connectivity index (χ0n) is 11.5. The zero-order chi connectivity index (χ0) is 13.4. The maximum absolute atomic E-state index is 11.4. The SMILES string of the molecule is CC(=O)C1CC1c1cccn1Cc1ccc(C)cc1. The van der Waals surface area contributed by atoms with Gasteiger partial charge in [0.1, 0.15) is 5.78 Å². The van der Waals surface area contributed by atoms with Crippen LogP contribution in [0.15, 0.2) is 42.6 Å². The van der Waals surface area contributed by atoms with Crippen molar-refractivity contribution in [2.45, 2.75) is 32.7 Å². The summed E-state index contributed by atoms with van der Waals surface area (Å²) >= 11 is 0. The smallest absolute Gasteiger partial charge is 0.133 e. The second kappa shape index (κ2) is 4.69. The van der Waals surface area contributed by atoms with E-state index in [1.165, 1.54) is 16.8 Å². The van der Waals surface area contributed by atoms with Gasteiger partial charge in [-0.15, -0.1) is 0 Å². The highest BCUT2D eigenvalue weighted by atomic mass is 16.1. The van der Waals surface area contributed by atoms with Crippen molar-refractivity contribution in [3.05, 3.63) is 59.4 Å². The van der Waals surface area contributed by atoms with Crippen LogP contribution in [0.4, 0.5) is 0 Å². The molecule has 2 heteroatoms. The molecule has 0 bridgehead atoms. The van der Waals surface area contributed by atoms with Gasteiger partial charge in [-0.25, -0.2) is 0 Å². The maximum atomic E-state index is 11.4. The third kappa shape index (κ3) is 2.48. The van der Waals surface area contributed by atoms with Crippen molar-refractivity contribution in [3.63, 3.8) is 0 Å². The van der Waals surface area contributed by atoms with Crippen LogP contribution in [0.2, 0.25) is 0 Å². The molecule has 0 aliphatic heterocycles. The van der Waals surface area contributed by atoms with Gasteiger partial charge in [-0.3, -0.25) is 4.79 Å². The lowest BCUT2D eigenvalue weighted by Gasteiger charge is -2.09. The Kier molecular flexibility index (Phi) is 3.02. The second-order valence-electron chi connectivity index (χ2n) is 5.61. The molecule has 0 N–H and O–H groups in total. The number of benzene rings is 1. The molecular weight excluding hydrogens is 234 g/mol. The maximum Gasteiger partial charge on any atom is 0.133 e. The monoisotopic (exact) mass is 253 g/mol. The molecule has 3 rings (SSSR count). The number of hydrogen-bond acceptors (Lipinski definition) is 1. The molecule has 1 aliphatic carbocycles. The Morgan fingerprint density at radius 1 is 1.26 bits per heavy atom. The van der Waals surface area contributed by atoms with Crippen molar-refractivity contribution < 1.29 is 4.79 Å². The van der Waals surface area contributed by atoms with Crippen LogP contribution in [-0.4, -0.2) is 10.4 Å². The molecule has 0 saturated heterocycles. The summed E-state index contributed by atoms with van der Waals surface area (Å²) in [5.74, 6) is 1.03. The van der Waals surface area contributed by atoms with E-state index < -0.39 is 0 Å². The number of carbonyl (C=O) groups is 1. The second-order valence-corrected chi connectivity index (χ2v) is 5.61. The van der Waals surface area contributed by atoms with Crippen LogP contribution in [0, 0.1) is 12.8 Å². The molecule has 0 spiro atoms. The van der Waals surface area contributed by atoms with Crippen LogP contribution in [-0.2, 0) is 11.3 Å². The number of nitrogens with zero attached hydrogens (tertiary/aromatic N) is 1. The number of Topliss-reactive ketones (excluding diaryl/α,β-unsaturated/α-hetero) is 1. The molecule has 1 aliphatic rings. The summed E-state index contributed by atoms with van der Waals surface area (Å²) in [5, 5.41) is 0. The summed E-state index contributed by atoms with van der Waals surface area (Å²) in [6, 6.07) is 12.9. The Bertz CT molecular complexity index is 594. The summed E-state index contributed by atoms with van der Waals surface area (Å²) in [6.45, 7) is 4.70. The quantitative estimate of drug-likeness (QED) is 0.817. The Morgan fingerprint density at radius 2 is 2.00 bits per heavy atom. The van der Waals surface area contributed by atoms with Gasteiger partial charge in [-0.1, -0.05) is 29.8 Å². The van der Waals surface area contributed by atoms with E-state index >= 15 is 0 Å². The molecule has 1 saturated carbocycles. The van der Waals surface area contributed by atoms with E-state index in [0.717, 1.165) is 13.0 Å². The number of aromatic nitrogens is 1. The van der Waals surface area contributed by atoms with Crippen molar-refractivity contribution in [2.75, 3.05) is 0 Å². The molecule has 98 valence electrons. The van der Waals surface area contributed by atoms with Gasteiger partial charge in [-0.2, -0.15) is 0 Å². The van der Waals surface area contributed by atoms with Crippen LogP contribution in [0.3, 0.4) is 0 Å². The number of hydrogen-bond donors (Lipinski definition) is 0. The molecule has 0 radical (unpaired) electrons. The summed E-state index contributed by atoms with van der Waals surface area (Å²) in [4.78, 5) is 11.4. The van der Waals surface area contributed by atoms with Gasteiger partial charge in [0.05, 0.1) is 0 Å². The fourth-order valence-corrected chi connectivity index (χ4v) is 2.77. The molecule has 2 atom stereocenters. The number of rotatable bonds is 4. The van der Waals surface area contributed by atoms with Gasteiger partial charge in [0.15, 0.2) is 0 Å². The lowest BCUT2D eigenvalue weighted by Crippen LogP contribution is -2.04. The van der Waals surface area contributed by atoms with Crippen molar-refractivity contribution in [1.29, 1.82) is 0 Å². The Hall–Kier alpha value is -1.83. The highest BCUT2D eigenvalue weighted by Gasteiger charge is 2.43. The Labute approximate surface area is 114 Å².